The van der Waals surface area contributed by atoms with Crippen LogP contribution < -0.4 is 10.2 Å². The van der Waals surface area contributed by atoms with Crippen molar-refractivity contribution in [1.29, 1.82) is 5.26 Å². The van der Waals surface area contributed by atoms with E-state index < -0.39 is 0 Å². The summed E-state index contributed by atoms with van der Waals surface area (Å²) in [6.07, 6.45) is 0.736. The van der Waals surface area contributed by atoms with E-state index >= 15 is 0 Å². The van der Waals surface area contributed by atoms with Gasteiger partial charge in [0.15, 0.2) is 0 Å². The molecule has 1 unspecified atom stereocenters. The lowest BCUT2D eigenvalue weighted by atomic mass is 9.96. The van der Waals surface area contributed by atoms with Gasteiger partial charge < -0.3 is 15.3 Å². The van der Waals surface area contributed by atoms with Crippen molar-refractivity contribution in [2.45, 2.75) is 31.8 Å². The van der Waals surface area contributed by atoms with E-state index in [0.717, 1.165) is 25.2 Å². The maximum absolute atomic E-state index is 9.21. The van der Waals surface area contributed by atoms with Gasteiger partial charge in [-0.1, -0.05) is 6.07 Å². The SMILES string of the molecule is CC1(C)CN(c2cccc(C#N)c2)C(CCO)CN1. The van der Waals surface area contributed by atoms with Gasteiger partial charge in [0.1, 0.15) is 0 Å². The van der Waals surface area contributed by atoms with Gasteiger partial charge in [-0.05, 0) is 38.5 Å². The first-order valence-electron chi connectivity index (χ1n) is 6.68. The average molecular weight is 259 g/mol. The molecule has 4 heteroatoms. The largest absolute Gasteiger partial charge is 0.396 e. The summed E-state index contributed by atoms with van der Waals surface area (Å²) >= 11 is 0. The number of anilines is 1. The molecule has 0 bridgehead atoms. The summed E-state index contributed by atoms with van der Waals surface area (Å²) in [7, 11) is 0. The first-order valence-corrected chi connectivity index (χ1v) is 6.68. The van der Waals surface area contributed by atoms with Crippen LogP contribution >= 0.6 is 0 Å². The van der Waals surface area contributed by atoms with E-state index in [1.807, 2.05) is 24.3 Å². The number of aliphatic hydroxyl groups excluding tert-OH is 1. The smallest absolute Gasteiger partial charge is 0.0992 e. The average Bonchev–Trinajstić information content (AvgIpc) is 2.41. The predicted molar refractivity (Wildman–Crippen MR) is 76.1 cm³/mol. The van der Waals surface area contributed by atoms with Crippen LogP contribution in [0.2, 0.25) is 0 Å². The second kappa shape index (κ2) is 5.60. The monoisotopic (exact) mass is 259 g/mol. The Kier molecular flexibility index (Phi) is 4.08. The summed E-state index contributed by atoms with van der Waals surface area (Å²) in [5.41, 5.74) is 1.78. The highest BCUT2D eigenvalue weighted by atomic mass is 16.3. The van der Waals surface area contributed by atoms with Crippen LogP contribution in [0.15, 0.2) is 24.3 Å². The van der Waals surface area contributed by atoms with Crippen molar-refractivity contribution in [1.82, 2.24) is 5.32 Å². The van der Waals surface area contributed by atoms with Crippen LogP contribution in [-0.4, -0.2) is 36.4 Å². The molecule has 0 aromatic heterocycles. The molecular weight excluding hydrogens is 238 g/mol. The molecule has 1 fully saturated rings. The van der Waals surface area contributed by atoms with E-state index in [-0.39, 0.29) is 18.2 Å². The molecule has 2 N–H and O–H groups in total. The van der Waals surface area contributed by atoms with Gasteiger partial charge in [-0.15, -0.1) is 0 Å². The zero-order valence-electron chi connectivity index (χ0n) is 11.6. The minimum absolute atomic E-state index is 0.0363. The highest BCUT2D eigenvalue weighted by Gasteiger charge is 2.32. The van der Waals surface area contributed by atoms with Crippen molar-refractivity contribution < 1.29 is 5.11 Å². The summed E-state index contributed by atoms with van der Waals surface area (Å²) < 4.78 is 0. The van der Waals surface area contributed by atoms with E-state index in [1.54, 1.807) is 0 Å². The van der Waals surface area contributed by atoms with Gasteiger partial charge in [0.25, 0.3) is 0 Å². The zero-order valence-corrected chi connectivity index (χ0v) is 11.6. The van der Waals surface area contributed by atoms with Gasteiger partial charge >= 0.3 is 0 Å². The van der Waals surface area contributed by atoms with Crippen LogP contribution in [0.1, 0.15) is 25.8 Å². The van der Waals surface area contributed by atoms with Crippen molar-refractivity contribution in [2.75, 3.05) is 24.6 Å². The molecule has 1 aromatic rings. The van der Waals surface area contributed by atoms with Crippen molar-refractivity contribution in [3.8, 4) is 6.07 Å². The van der Waals surface area contributed by atoms with Gasteiger partial charge in [0.05, 0.1) is 11.6 Å². The molecule has 1 heterocycles. The number of nitriles is 1. The van der Waals surface area contributed by atoms with Gasteiger partial charge in [0.2, 0.25) is 0 Å². The van der Waals surface area contributed by atoms with E-state index in [4.69, 9.17) is 5.26 Å². The van der Waals surface area contributed by atoms with Gasteiger partial charge in [0, 0.05) is 37.0 Å². The Bertz CT molecular complexity index is 479. The number of piperazine rings is 1. The predicted octanol–water partition coefficient (Wildman–Crippen LogP) is 1.50. The highest BCUT2D eigenvalue weighted by Crippen LogP contribution is 2.25. The molecular formula is C15H21N3O. The third-order valence-electron chi connectivity index (χ3n) is 3.59. The number of rotatable bonds is 3. The number of aliphatic hydroxyl groups is 1. The van der Waals surface area contributed by atoms with Crippen LogP contribution in [0.4, 0.5) is 5.69 Å². The molecule has 1 atom stereocenters. The van der Waals surface area contributed by atoms with Crippen molar-refractivity contribution >= 4 is 5.69 Å². The molecule has 0 saturated carbocycles. The molecule has 19 heavy (non-hydrogen) atoms. The molecule has 2 rings (SSSR count). The number of nitrogens with zero attached hydrogens (tertiary/aromatic N) is 2. The van der Waals surface area contributed by atoms with Crippen LogP contribution in [-0.2, 0) is 0 Å². The van der Waals surface area contributed by atoms with Crippen molar-refractivity contribution in [3.05, 3.63) is 29.8 Å². The van der Waals surface area contributed by atoms with Crippen LogP contribution in [0.25, 0.3) is 0 Å². The Labute approximate surface area is 114 Å². The van der Waals surface area contributed by atoms with Crippen LogP contribution in [0.3, 0.4) is 0 Å². The Morgan fingerprint density at radius 2 is 2.32 bits per heavy atom. The van der Waals surface area contributed by atoms with E-state index in [0.29, 0.717) is 5.56 Å². The third kappa shape index (κ3) is 3.25. The van der Waals surface area contributed by atoms with Crippen molar-refractivity contribution in [2.24, 2.45) is 0 Å². The molecule has 1 aliphatic rings. The van der Waals surface area contributed by atoms with E-state index in [1.165, 1.54) is 0 Å². The van der Waals surface area contributed by atoms with Gasteiger partial charge in [-0.2, -0.15) is 5.26 Å². The fourth-order valence-corrected chi connectivity index (χ4v) is 2.58. The first-order chi connectivity index (χ1) is 9.05. The van der Waals surface area contributed by atoms with Crippen LogP contribution in [0.5, 0.6) is 0 Å². The molecule has 0 aliphatic carbocycles. The minimum atomic E-state index is 0.0363. The Hall–Kier alpha value is -1.57. The highest BCUT2D eigenvalue weighted by molar-refractivity contribution is 5.53. The van der Waals surface area contributed by atoms with Gasteiger partial charge in [-0.3, -0.25) is 0 Å². The molecule has 102 valence electrons. The minimum Gasteiger partial charge on any atom is -0.396 e. The number of hydrogen-bond donors (Lipinski definition) is 2. The quantitative estimate of drug-likeness (QED) is 0.863. The topological polar surface area (TPSA) is 59.3 Å². The zero-order chi connectivity index (χ0) is 13.9. The lowest BCUT2D eigenvalue weighted by Gasteiger charge is -2.46. The lowest BCUT2D eigenvalue weighted by Crippen LogP contribution is -2.62. The molecule has 1 aliphatic heterocycles. The maximum Gasteiger partial charge on any atom is 0.0992 e. The van der Waals surface area contributed by atoms with Crippen molar-refractivity contribution in [3.63, 3.8) is 0 Å². The Balaban J connectivity index is 2.28. The second-order valence-corrected chi connectivity index (χ2v) is 5.72. The van der Waals surface area contributed by atoms with Crippen LogP contribution in [0, 0.1) is 11.3 Å². The number of nitrogens with one attached hydrogen (secondary N) is 1. The molecule has 0 spiro atoms. The molecule has 0 radical (unpaired) electrons. The second-order valence-electron chi connectivity index (χ2n) is 5.72. The normalized spacial score (nSPS) is 22.0. The fourth-order valence-electron chi connectivity index (χ4n) is 2.58. The third-order valence-corrected chi connectivity index (χ3v) is 3.59. The molecule has 0 amide bonds. The first kappa shape index (κ1) is 13.9. The van der Waals surface area contributed by atoms with E-state index in [9.17, 15) is 5.11 Å². The summed E-state index contributed by atoms with van der Waals surface area (Å²) in [5, 5.41) is 21.7. The van der Waals surface area contributed by atoms with E-state index in [2.05, 4.69) is 30.1 Å². The lowest BCUT2D eigenvalue weighted by molar-refractivity contribution is 0.241. The fraction of sp³-hybridized carbons (Fsp3) is 0.533. The number of benzene rings is 1. The molecule has 1 saturated heterocycles. The molecule has 4 nitrogen and oxygen atoms in total. The van der Waals surface area contributed by atoms with Gasteiger partial charge in [-0.25, -0.2) is 0 Å². The summed E-state index contributed by atoms with van der Waals surface area (Å²) in [6.45, 7) is 6.24. The maximum atomic E-state index is 9.21. The summed E-state index contributed by atoms with van der Waals surface area (Å²) in [4.78, 5) is 2.30. The number of hydrogen-bond acceptors (Lipinski definition) is 4. The Morgan fingerprint density at radius 3 is 3.00 bits per heavy atom. The molecule has 1 aromatic carbocycles. The standard InChI is InChI=1S/C15H21N3O/c1-15(2)11-18(14(6-7-19)10-17-15)13-5-3-4-12(8-13)9-16/h3-5,8,14,17,19H,6-7,10-11H2,1-2H3. The Morgan fingerprint density at radius 1 is 1.53 bits per heavy atom. The summed E-state index contributed by atoms with van der Waals surface area (Å²) in [5.74, 6) is 0. The summed E-state index contributed by atoms with van der Waals surface area (Å²) in [6, 6.07) is 10.1.